The number of nitrogens with one attached hydrogen (secondary N) is 1. The van der Waals surface area contributed by atoms with E-state index in [0.717, 1.165) is 12.1 Å². The lowest BCUT2D eigenvalue weighted by molar-refractivity contribution is -0.137. The maximum atomic E-state index is 12.9. The van der Waals surface area contributed by atoms with Crippen LogP contribution in [0, 0.1) is 0 Å². The average Bonchev–Trinajstić information content (AvgIpc) is 3.53. The fourth-order valence-electron chi connectivity index (χ4n) is 3.74. The molecule has 3 aromatic rings. The second kappa shape index (κ2) is 9.35. The summed E-state index contributed by atoms with van der Waals surface area (Å²) in [4.78, 5) is 14.9. The molecular formula is C21H21F3N6O2. The predicted octanol–water partition coefficient (Wildman–Crippen LogP) is 2.93. The number of hydrogen-bond acceptors (Lipinski definition) is 6. The highest BCUT2D eigenvalue weighted by atomic mass is 19.4. The zero-order valence-corrected chi connectivity index (χ0v) is 16.9. The van der Waals surface area contributed by atoms with Gasteiger partial charge in [-0.05, 0) is 52.8 Å². The van der Waals surface area contributed by atoms with Gasteiger partial charge in [-0.1, -0.05) is 18.2 Å². The summed E-state index contributed by atoms with van der Waals surface area (Å²) in [5.74, 6) is 0.441. The number of furan rings is 1. The predicted molar refractivity (Wildman–Crippen MR) is 108 cm³/mol. The van der Waals surface area contributed by atoms with Crippen LogP contribution in [0.15, 0.2) is 59.5 Å². The van der Waals surface area contributed by atoms with E-state index in [1.165, 1.54) is 12.4 Å². The molecule has 11 heteroatoms. The van der Waals surface area contributed by atoms with E-state index >= 15 is 0 Å². The Morgan fingerprint density at radius 2 is 2.16 bits per heavy atom. The summed E-state index contributed by atoms with van der Waals surface area (Å²) in [6, 6.07) is 7.98. The molecular weight excluding hydrogens is 425 g/mol. The van der Waals surface area contributed by atoms with Crippen molar-refractivity contribution >= 4 is 12.0 Å². The van der Waals surface area contributed by atoms with E-state index in [9.17, 15) is 18.0 Å². The van der Waals surface area contributed by atoms with Gasteiger partial charge in [-0.15, -0.1) is 5.10 Å². The van der Waals surface area contributed by atoms with E-state index in [1.807, 2.05) is 23.1 Å². The quantitative estimate of drug-likeness (QED) is 0.600. The van der Waals surface area contributed by atoms with Crippen LogP contribution in [0.5, 0.6) is 0 Å². The maximum absolute atomic E-state index is 12.9. The first-order chi connectivity index (χ1) is 15.4. The van der Waals surface area contributed by atoms with Crippen molar-refractivity contribution in [2.24, 2.45) is 0 Å². The number of benzene rings is 1. The number of hydrogen-bond donors (Lipinski definition) is 1. The van der Waals surface area contributed by atoms with Crippen LogP contribution in [-0.4, -0.2) is 50.1 Å². The Bertz CT molecular complexity index is 1050. The minimum atomic E-state index is -4.43. The number of nitrogens with zero attached hydrogens (tertiary/aromatic N) is 5. The van der Waals surface area contributed by atoms with Crippen molar-refractivity contribution in [1.82, 2.24) is 30.4 Å². The molecule has 1 N–H and O–H groups in total. The van der Waals surface area contributed by atoms with Crippen molar-refractivity contribution in [1.29, 1.82) is 0 Å². The van der Waals surface area contributed by atoms with E-state index in [0.29, 0.717) is 30.8 Å². The number of rotatable bonds is 7. The van der Waals surface area contributed by atoms with Gasteiger partial charge in [0.05, 0.1) is 23.9 Å². The van der Waals surface area contributed by atoms with Gasteiger partial charge in [0.25, 0.3) is 0 Å². The molecule has 2 aromatic heterocycles. The van der Waals surface area contributed by atoms with E-state index in [1.54, 1.807) is 23.1 Å². The molecule has 4 rings (SSSR count). The highest BCUT2D eigenvalue weighted by molar-refractivity contribution is 5.82. The number of alkyl halides is 3. The second-order valence-electron chi connectivity index (χ2n) is 7.48. The largest absolute Gasteiger partial charge is 0.465 e. The molecule has 0 saturated carbocycles. The van der Waals surface area contributed by atoms with Crippen LogP contribution in [0.2, 0.25) is 0 Å². The first-order valence-electron chi connectivity index (χ1n) is 10.0. The summed E-state index contributed by atoms with van der Waals surface area (Å²) in [7, 11) is 0. The van der Waals surface area contributed by atoms with Gasteiger partial charge in [0, 0.05) is 19.6 Å². The molecule has 32 heavy (non-hydrogen) atoms. The molecule has 1 amide bonds. The number of tetrazole rings is 1. The zero-order valence-electron chi connectivity index (χ0n) is 16.9. The van der Waals surface area contributed by atoms with Gasteiger partial charge < -0.3 is 9.73 Å². The number of amides is 1. The van der Waals surface area contributed by atoms with Gasteiger partial charge in [-0.2, -0.15) is 13.2 Å². The lowest BCUT2D eigenvalue weighted by Gasteiger charge is -2.22. The third-order valence-corrected chi connectivity index (χ3v) is 5.31. The van der Waals surface area contributed by atoms with Gasteiger partial charge in [0.15, 0.2) is 0 Å². The number of likely N-dealkylation sites (tertiary alicyclic amines) is 1. The maximum Gasteiger partial charge on any atom is 0.416 e. The molecule has 2 atom stereocenters. The lowest BCUT2D eigenvalue weighted by Crippen LogP contribution is -2.43. The molecule has 8 nitrogen and oxygen atoms in total. The summed E-state index contributed by atoms with van der Waals surface area (Å²) < 4.78 is 45.7. The molecule has 1 fully saturated rings. The molecule has 3 heterocycles. The molecule has 1 saturated heterocycles. The number of halogens is 3. The fraction of sp³-hybridized carbons (Fsp3) is 0.333. The summed E-state index contributed by atoms with van der Waals surface area (Å²) in [5.41, 5.74) is -0.360. The van der Waals surface area contributed by atoms with Crippen molar-refractivity contribution in [2.45, 2.75) is 31.2 Å². The van der Waals surface area contributed by atoms with Crippen molar-refractivity contribution in [3.8, 4) is 0 Å². The van der Waals surface area contributed by atoms with Gasteiger partial charge in [0.1, 0.15) is 12.1 Å². The normalized spacial score (nSPS) is 19.6. The second-order valence-corrected chi connectivity index (χ2v) is 7.48. The summed E-state index contributed by atoms with van der Waals surface area (Å²) in [6.45, 7) is 1.04. The van der Waals surface area contributed by atoms with Crippen LogP contribution in [0.1, 0.15) is 29.3 Å². The SMILES string of the molecule is O=C(NCc1cccc(C(F)(F)F)c1)[C@@H]1C[C@@H](n2cnnn2)CN1CC=Cc1ccco1. The van der Waals surface area contributed by atoms with E-state index in [2.05, 4.69) is 20.8 Å². The van der Waals surface area contributed by atoms with Gasteiger partial charge in [-0.25, -0.2) is 4.68 Å². The first-order valence-corrected chi connectivity index (χ1v) is 10.0. The topological polar surface area (TPSA) is 89.1 Å². The minimum Gasteiger partial charge on any atom is -0.465 e. The van der Waals surface area contributed by atoms with Crippen molar-refractivity contribution in [3.63, 3.8) is 0 Å². The van der Waals surface area contributed by atoms with Crippen LogP contribution < -0.4 is 5.32 Å². The molecule has 0 aliphatic carbocycles. The fourth-order valence-corrected chi connectivity index (χ4v) is 3.74. The molecule has 0 spiro atoms. The third kappa shape index (κ3) is 5.22. The summed E-state index contributed by atoms with van der Waals surface area (Å²) in [6.07, 6.45) is 2.85. The van der Waals surface area contributed by atoms with Crippen molar-refractivity contribution in [3.05, 3.63) is 72.0 Å². The number of carbonyl (C=O) groups excluding carboxylic acids is 1. The van der Waals surface area contributed by atoms with Crippen LogP contribution in [0.25, 0.3) is 6.08 Å². The van der Waals surface area contributed by atoms with E-state index in [4.69, 9.17) is 4.42 Å². The lowest BCUT2D eigenvalue weighted by atomic mass is 10.1. The smallest absolute Gasteiger partial charge is 0.416 e. The molecule has 1 aliphatic rings. The van der Waals surface area contributed by atoms with Crippen LogP contribution in [0.3, 0.4) is 0 Å². The molecule has 1 aromatic carbocycles. The van der Waals surface area contributed by atoms with Crippen LogP contribution in [0.4, 0.5) is 13.2 Å². The standard InChI is InChI=1S/C21H21F3N6O2/c22-21(23,24)16-5-1-4-15(10-16)12-25-20(31)19-11-17(30-14-26-27-28-30)13-29(19)8-2-6-18-7-3-9-32-18/h1-7,9-10,14,17,19H,8,11-13H2,(H,25,31)/t17-,19+/m1/s1. The Balaban J connectivity index is 1.42. The highest BCUT2D eigenvalue weighted by Crippen LogP contribution is 2.30. The first kappa shape index (κ1) is 21.8. The number of aromatic nitrogens is 4. The Morgan fingerprint density at radius 3 is 2.88 bits per heavy atom. The monoisotopic (exact) mass is 446 g/mol. The summed E-state index contributed by atoms with van der Waals surface area (Å²) in [5, 5.41) is 14.0. The van der Waals surface area contributed by atoms with Crippen LogP contribution >= 0.6 is 0 Å². The number of carbonyl (C=O) groups is 1. The molecule has 1 aliphatic heterocycles. The molecule has 0 unspecified atom stereocenters. The van der Waals surface area contributed by atoms with E-state index in [-0.39, 0.29) is 18.5 Å². The molecule has 0 bridgehead atoms. The Morgan fingerprint density at radius 1 is 1.28 bits per heavy atom. The van der Waals surface area contributed by atoms with Crippen LogP contribution in [-0.2, 0) is 17.5 Å². The minimum absolute atomic E-state index is 0.00484. The Kier molecular flexibility index (Phi) is 6.35. The highest BCUT2D eigenvalue weighted by Gasteiger charge is 2.37. The zero-order chi connectivity index (χ0) is 22.6. The third-order valence-electron chi connectivity index (χ3n) is 5.31. The molecule has 0 radical (unpaired) electrons. The Hall–Kier alpha value is -3.47. The summed E-state index contributed by atoms with van der Waals surface area (Å²) >= 11 is 0. The molecule has 168 valence electrons. The van der Waals surface area contributed by atoms with Crippen molar-refractivity contribution in [2.75, 3.05) is 13.1 Å². The Labute approximate surface area is 181 Å². The van der Waals surface area contributed by atoms with Gasteiger partial charge in [0.2, 0.25) is 5.91 Å². The van der Waals surface area contributed by atoms with Gasteiger partial charge >= 0.3 is 6.18 Å². The van der Waals surface area contributed by atoms with Gasteiger partial charge in [-0.3, -0.25) is 9.69 Å². The van der Waals surface area contributed by atoms with Crippen molar-refractivity contribution < 1.29 is 22.4 Å². The van der Waals surface area contributed by atoms with E-state index < -0.39 is 17.8 Å². The average molecular weight is 446 g/mol.